The highest BCUT2D eigenvalue weighted by Gasteiger charge is 2.33. The Kier molecular flexibility index (Phi) is 7.06. The molecule has 0 spiro atoms. The summed E-state index contributed by atoms with van der Waals surface area (Å²) in [5.41, 5.74) is 17.3. The Morgan fingerprint density at radius 2 is 1.18 bits per heavy atom. The van der Waals surface area contributed by atoms with Gasteiger partial charge in [-0.3, -0.25) is 4.98 Å². The maximum Gasteiger partial charge on any atom is 0.0798 e. The van der Waals surface area contributed by atoms with Crippen molar-refractivity contribution in [3.63, 3.8) is 0 Å². The van der Waals surface area contributed by atoms with Crippen molar-refractivity contribution >= 4 is 66.1 Å². The summed E-state index contributed by atoms with van der Waals surface area (Å²) < 4.78 is 1.91. The molecule has 0 amide bonds. The first kappa shape index (κ1) is 29.0. The molecule has 5 heterocycles. The zero-order chi connectivity index (χ0) is 30.9. The van der Waals surface area contributed by atoms with Gasteiger partial charge in [-0.2, -0.15) is 0 Å². The van der Waals surface area contributed by atoms with Crippen LogP contribution < -0.4 is 0 Å². The summed E-state index contributed by atoms with van der Waals surface area (Å²) in [6, 6.07) is 22.0. The summed E-state index contributed by atoms with van der Waals surface area (Å²) in [4.78, 5) is 18.0. The predicted octanol–water partition coefficient (Wildman–Crippen LogP) is 11.1. The molecule has 2 N–H and O–H groups in total. The van der Waals surface area contributed by atoms with E-state index in [0.29, 0.717) is 0 Å². The van der Waals surface area contributed by atoms with Crippen LogP contribution in [-0.4, -0.2) is 19.9 Å². The van der Waals surface area contributed by atoms with E-state index < -0.39 is 0 Å². The lowest BCUT2D eigenvalue weighted by Crippen LogP contribution is -2.16. The number of aromatic amines is 2. The molecular formula is C38H34Br2N4. The van der Waals surface area contributed by atoms with Crippen molar-refractivity contribution in [1.29, 1.82) is 0 Å². The zero-order valence-electron chi connectivity index (χ0n) is 25.8. The first-order chi connectivity index (χ1) is 21.0. The van der Waals surface area contributed by atoms with E-state index in [2.05, 4.69) is 156 Å². The summed E-state index contributed by atoms with van der Waals surface area (Å²) in [5, 5.41) is 0. The smallest absolute Gasteiger partial charge is 0.0798 e. The Balaban J connectivity index is 1.69. The normalized spacial score (nSPS) is 13.9. The number of H-pyrrole nitrogens is 2. The van der Waals surface area contributed by atoms with Crippen molar-refractivity contribution < 1.29 is 0 Å². The number of hydrogen-bond donors (Lipinski definition) is 2. The summed E-state index contributed by atoms with van der Waals surface area (Å²) in [5.74, 6) is 0. The number of benzene rings is 2. The van der Waals surface area contributed by atoms with Crippen LogP contribution in [0.15, 0.2) is 69.6 Å². The van der Waals surface area contributed by atoms with E-state index in [1.54, 1.807) is 0 Å². The summed E-state index contributed by atoms with van der Waals surface area (Å²) >= 11 is 7.86. The van der Waals surface area contributed by atoms with Crippen LogP contribution in [-0.2, 0) is 11.8 Å². The van der Waals surface area contributed by atoms with Crippen molar-refractivity contribution in [2.24, 2.45) is 0 Å². The molecule has 6 heteroatoms. The summed E-state index contributed by atoms with van der Waals surface area (Å²) in [6.07, 6.45) is 5.05. The van der Waals surface area contributed by atoms with E-state index >= 15 is 0 Å². The number of fused-ring (bicyclic) bond motifs is 8. The molecular weight excluding hydrogens is 672 g/mol. The van der Waals surface area contributed by atoms with Crippen LogP contribution in [0.1, 0.15) is 58.9 Å². The SMILES string of the molecule is Cc1ccc(-c2c3ccc([nH]3)c(Br)c3nc(c(Br)c4nc(c(-c5c(C)cc(C)cc5C)c5ccc2[nH]5)C=C4)CC3(C)C)cc1. The monoisotopic (exact) mass is 704 g/mol. The first-order valence-electron chi connectivity index (χ1n) is 14.9. The largest absolute Gasteiger partial charge is 0.354 e. The second-order valence-corrected chi connectivity index (χ2v) is 14.4. The minimum absolute atomic E-state index is 0.160. The van der Waals surface area contributed by atoms with Gasteiger partial charge in [-0.05, 0) is 118 Å². The third kappa shape index (κ3) is 4.89. The van der Waals surface area contributed by atoms with Gasteiger partial charge in [0.25, 0.3) is 0 Å². The molecule has 2 aliphatic heterocycles. The lowest BCUT2D eigenvalue weighted by Gasteiger charge is -2.17. The highest BCUT2D eigenvalue weighted by atomic mass is 79.9. The van der Waals surface area contributed by atoms with Crippen molar-refractivity contribution in [2.75, 3.05) is 0 Å². The number of nitrogens with one attached hydrogen (secondary N) is 2. The highest BCUT2D eigenvalue weighted by Crippen LogP contribution is 2.41. The van der Waals surface area contributed by atoms with Gasteiger partial charge in [-0.15, -0.1) is 0 Å². The molecule has 0 fully saturated rings. The van der Waals surface area contributed by atoms with Gasteiger partial charge in [-0.25, -0.2) is 4.98 Å². The van der Waals surface area contributed by atoms with Crippen LogP contribution in [0.3, 0.4) is 0 Å². The minimum atomic E-state index is -0.160. The molecule has 2 aliphatic rings. The molecule has 0 aliphatic carbocycles. The van der Waals surface area contributed by atoms with Gasteiger partial charge in [0.15, 0.2) is 0 Å². The number of aromatic nitrogens is 4. The fraction of sp³-hybridized carbons (Fsp3) is 0.211. The Labute approximate surface area is 275 Å². The second kappa shape index (κ2) is 10.7. The number of rotatable bonds is 2. The van der Waals surface area contributed by atoms with Crippen molar-refractivity contribution in [3.8, 4) is 22.3 Å². The molecule has 8 bridgehead atoms. The third-order valence-electron chi connectivity index (χ3n) is 8.76. The lowest BCUT2D eigenvalue weighted by atomic mass is 9.87. The van der Waals surface area contributed by atoms with Gasteiger partial charge in [-0.1, -0.05) is 61.4 Å². The molecule has 0 saturated carbocycles. The van der Waals surface area contributed by atoms with Crippen LogP contribution in [0.5, 0.6) is 0 Å². The van der Waals surface area contributed by atoms with E-state index in [9.17, 15) is 0 Å². The van der Waals surface area contributed by atoms with Crippen LogP contribution in [0.25, 0.3) is 56.5 Å². The molecule has 0 radical (unpaired) electrons. The first-order valence-corrected chi connectivity index (χ1v) is 16.5. The average molecular weight is 707 g/mol. The number of aryl methyl sites for hydroxylation is 4. The van der Waals surface area contributed by atoms with Gasteiger partial charge < -0.3 is 9.97 Å². The van der Waals surface area contributed by atoms with Gasteiger partial charge in [0, 0.05) is 39.5 Å². The Bertz CT molecular complexity index is 2160. The summed E-state index contributed by atoms with van der Waals surface area (Å²) in [6.45, 7) is 13.2. The van der Waals surface area contributed by atoms with Crippen LogP contribution in [0, 0.1) is 27.7 Å². The van der Waals surface area contributed by atoms with Gasteiger partial charge in [0.05, 0.1) is 37.2 Å². The number of hydrogen-bond acceptors (Lipinski definition) is 2. The molecule has 7 rings (SSSR count). The van der Waals surface area contributed by atoms with Gasteiger partial charge >= 0.3 is 0 Å². The predicted molar refractivity (Wildman–Crippen MR) is 192 cm³/mol. The Morgan fingerprint density at radius 1 is 0.614 bits per heavy atom. The molecule has 5 aromatic rings. The lowest BCUT2D eigenvalue weighted by molar-refractivity contribution is 0.540. The Hall–Kier alpha value is -3.74. The molecule has 3 aromatic heterocycles. The Morgan fingerprint density at radius 3 is 1.84 bits per heavy atom. The average Bonchev–Trinajstić information content (AvgIpc) is 3.78. The number of nitrogens with zero attached hydrogens (tertiary/aromatic N) is 2. The van der Waals surface area contributed by atoms with Crippen LogP contribution in [0.4, 0.5) is 0 Å². The van der Waals surface area contributed by atoms with Crippen molar-refractivity contribution in [1.82, 2.24) is 19.9 Å². The van der Waals surface area contributed by atoms with E-state index in [1.165, 1.54) is 27.8 Å². The van der Waals surface area contributed by atoms with Crippen LogP contribution in [0.2, 0.25) is 0 Å². The van der Waals surface area contributed by atoms with Gasteiger partial charge in [0.1, 0.15) is 0 Å². The molecule has 220 valence electrons. The summed E-state index contributed by atoms with van der Waals surface area (Å²) in [7, 11) is 0. The second-order valence-electron chi connectivity index (χ2n) is 12.8. The fourth-order valence-electron chi connectivity index (χ4n) is 6.71. The number of halogens is 2. The van der Waals surface area contributed by atoms with Crippen LogP contribution >= 0.6 is 31.9 Å². The maximum absolute atomic E-state index is 5.24. The molecule has 4 nitrogen and oxygen atoms in total. The van der Waals surface area contributed by atoms with E-state index in [1.807, 2.05) is 0 Å². The highest BCUT2D eigenvalue weighted by molar-refractivity contribution is 9.11. The van der Waals surface area contributed by atoms with Gasteiger partial charge in [0.2, 0.25) is 0 Å². The molecule has 0 saturated heterocycles. The topological polar surface area (TPSA) is 57.4 Å². The zero-order valence-corrected chi connectivity index (χ0v) is 29.0. The standard InChI is InChI=1S/C38H34Br2N4/c1-20-7-9-24(10-8-20)33-25-11-12-27(41-25)34(32-22(3)17-21(2)18-23(32)4)28-14-15-29(43-28)35(39)31-19-38(5,6)37(44-31)36(40)30-16-13-26(33)42-30/h7-18,41-42H,19H2,1-6H3. The molecule has 2 aromatic carbocycles. The minimum Gasteiger partial charge on any atom is -0.354 e. The molecule has 0 unspecified atom stereocenters. The fourth-order valence-corrected chi connectivity index (χ4v) is 8.01. The van der Waals surface area contributed by atoms with Crippen molar-refractivity contribution in [2.45, 2.75) is 53.4 Å². The molecule has 44 heavy (non-hydrogen) atoms. The molecule has 0 atom stereocenters. The maximum atomic E-state index is 5.24. The van der Waals surface area contributed by atoms with E-state index in [0.717, 1.165) is 76.9 Å². The third-order valence-corrected chi connectivity index (χ3v) is 10.4. The van der Waals surface area contributed by atoms with Crippen molar-refractivity contribution in [3.05, 3.63) is 115 Å². The van der Waals surface area contributed by atoms with E-state index in [-0.39, 0.29) is 5.41 Å². The van der Waals surface area contributed by atoms with E-state index in [4.69, 9.17) is 9.97 Å². The quantitative estimate of drug-likeness (QED) is 0.188.